The number of carbonyl (C=O) groups is 2. The summed E-state index contributed by atoms with van der Waals surface area (Å²) in [5.41, 5.74) is 1.03. The van der Waals surface area contributed by atoms with Crippen LogP contribution < -0.4 is 14.4 Å². The predicted octanol–water partition coefficient (Wildman–Crippen LogP) is 5.41. The number of thiophene rings is 1. The van der Waals surface area contributed by atoms with Crippen LogP contribution >= 0.6 is 34.3 Å². The zero-order valence-electron chi connectivity index (χ0n) is 17.4. The smallest absolute Gasteiger partial charge is 0.301 e. The quantitative estimate of drug-likeness (QED) is 0.225. The molecule has 1 fully saturated rings. The van der Waals surface area contributed by atoms with E-state index in [0.29, 0.717) is 45.9 Å². The maximum Gasteiger partial charge on any atom is 0.301 e. The van der Waals surface area contributed by atoms with E-state index in [2.05, 4.69) is 4.98 Å². The van der Waals surface area contributed by atoms with Gasteiger partial charge in [-0.2, -0.15) is 0 Å². The minimum Gasteiger partial charge on any atom is -0.507 e. The van der Waals surface area contributed by atoms with Crippen LogP contribution in [-0.4, -0.2) is 35.0 Å². The molecular weight excluding hydrogens is 496 g/mol. The number of ketones is 1. The van der Waals surface area contributed by atoms with E-state index in [-0.39, 0.29) is 11.3 Å². The Bertz CT molecular complexity index is 1490. The predicted molar refractivity (Wildman–Crippen MR) is 131 cm³/mol. The number of anilines is 1. The number of carbonyl (C=O) groups excluding carboxylic acids is 2. The van der Waals surface area contributed by atoms with Crippen LogP contribution in [0.5, 0.6) is 11.5 Å². The molecule has 2 aliphatic rings. The molecule has 0 radical (unpaired) electrons. The Morgan fingerprint density at radius 2 is 1.91 bits per heavy atom. The van der Waals surface area contributed by atoms with Gasteiger partial charge in [0, 0.05) is 15.5 Å². The second kappa shape index (κ2) is 8.12. The van der Waals surface area contributed by atoms with Crippen LogP contribution in [-0.2, 0) is 9.59 Å². The van der Waals surface area contributed by atoms with Gasteiger partial charge < -0.3 is 14.6 Å². The molecule has 6 rings (SSSR count). The summed E-state index contributed by atoms with van der Waals surface area (Å²) in [5.74, 6) is -0.766. The van der Waals surface area contributed by atoms with Crippen molar-refractivity contribution in [3.05, 3.63) is 74.9 Å². The van der Waals surface area contributed by atoms with E-state index in [1.165, 1.54) is 27.6 Å². The number of aliphatic hydroxyl groups excluding tert-OH is 1. The molecule has 0 bridgehead atoms. The molecule has 0 spiro atoms. The van der Waals surface area contributed by atoms with Crippen LogP contribution in [0, 0.1) is 0 Å². The average Bonchev–Trinajstić information content (AvgIpc) is 3.57. The zero-order valence-corrected chi connectivity index (χ0v) is 19.7. The summed E-state index contributed by atoms with van der Waals surface area (Å²) >= 11 is 8.77. The number of hydrogen-bond acceptors (Lipinski definition) is 8. The van der Waals surface area contributed by atoms with Gasteiger partial charge in [0.25, 0.3) is 5.78 Å². The first-order valence-electron chi connectivity index (χ1n) is 10.3. The molecule has 4 aromatic rings. The van der Waals surface area contributed by atoms with Gasteiger partial charge in [-0.3, -0.25) is 14.5 Å². The molecule has 0 unspecified atom stereocenters. The highest BCUT2D eigenvalue weighted by Crippen LogP contribution is 2.46. The van der Waals surface area contributed by atoms with Gasteiger partial charge in [-0.25, -0.2) is 4.98 Å². The number of nitrogens with zero attached hydrogens (tertiary/aromatic N) is 2. The molecule has 2 aromatic heterocycles. The minimum absolute atomic E-state index is 0.00131. The molecular formula is C24H15ClN2O5S2. The average molecular weight is 511 g/mol. The molecule has 0 aliphatic carbocycles. The van der Waals surface area contributed by atoms with E-state index in [0.717, 1.165) is 9.58 Å². The van der Waals surface area contributed by atoms with E-state index in [4.69, 9.17) is 21.1 Å². The lowest BCUT2D eigenvalue weighted by Crippen LogP contribution is -2.28. The topological polar surface area (TPSA) is 89.0 Å². The Morgan fingerprint density at radius 1 is 1.09 bits per heavy atom. The van der Waals surface area contributed by atoms with Gasteiger partial charge in [0.15, 0.2) is 16.6 Å². The van der Waals surface area contributed by atoms with Gasteiger partial charge in [0.2, 0.25) is 0 Å². The Kier molecular flexibility index (Phi) is 5.05. The van der Waals surface area contributed by atoms with Gasteiger partial charge in [0.05, 0.1) is 15.8 Å². The van der Waals surface area contributed by atoms with Crippen molar-refractivity contribution in [2.24, 2.45) is 0 Å². The number of rotatable bonds is 3. The Labute approximate surface area is 206 Å². The van der Waals surface area contributed by atoms with Crippen LogP contribution in [0.15, 0.2) is 59.5 Å². The van der Waals surface area contributed by atoms with E-state index in [9.17, 15) is 14.7 Å². The maximum absolute atomic E-state index is 13.3. The number of aromatic nitrogens is 1. The molecule has 0 saturated carbocycles. The van der Waals surface area contributed by atoms with Gasteiger partial charge in [-0.05, 0) is 47.8 Å². The molecule has 34 heavy (non-hydrogen) atoms. The van der Waals surface area contributed by atoms with Gasteiger partial charge in [-0.15, -0.1) is 11.3 Å². The van der Waals surface area contributed by atoms with Crippen molar-refractivity contribution in [2.45, 2.75) is 6.04 Å². The number of thiazole rings is 1. The highest BCUT2D eigenvalue weighted by atomic mass is 35.5. The molecule has 2 aliphatic heterocycles. The first-order valence-corrected chi connectivity index (χ1v) is 12.4. The lowest BCUT2D eigenvalue weighted by molar-refractivity contribution is -0.132. The molecule has 1 N–H and O–H groups in total. The summed E-state index contributed by atoms with van der Waals surface area (Å²) in [7, 11) is 0. The highest BCUT2D eigenvalue weighted by molar-refractivity contribution is 7.22. The lowest BCUT2D eigenvalue weighted by Gasteiger charge is -2.22. The van der Waals surface area contributed by atoms with Crippen LogP contribution in [0.25, 0.3) is 16.0 Å². The van der Waals surface area contributed by atoms with Crippen molar-refractivity contribution in [3.8, 4) is 11.5 Å². The summed E-state index contributed by atoms with van der Waals surface area (Å²) in [4.78, 5) is 33.2. The van der Waals surface area contributed by atoms with Gasteiger partial charge in [0.1, 0.15) is 25.0 Å². The highest BCUT2D eigenvalue weighted by Gasteiger charge is 2.48. The van der Waals surface area contributed by atoms with Crippen molar-refractivity contribution in [1.29, 1.82) is 0 Å². The summed E-state index contributed by atoms with van der Waals surface area (Å²) < 4.78 is 12.0. The summed E-state index contributed by atoms with van der Waals surface area (Å²) in [6, 6.07) is 13.0. The number of amides is 1. The second-order valence-electron chi connectivity index (χ2n) is 7.65. The van der Waals surface area contributed by atoms with Crippen molar-refractivity contribution in [3.63, 3.8) is 0 Å². The molecule has 4 heterocycles. The van der Waals surface area contributed by atoms with Crippen LogP contribution in [0.3, 0.4) is 0 Å². The number of fused-ring (bicyclic) bond motifs is 2. The summed E-state index contributed by atoms with van der Waals surface area (Å²) in [6.45, 7) is 0.827. The lowest BCUT2D eigenvalue weighted by atomic mass is 9.99. The number of Topliss-reactive ketones (excluding diaryl/α,β-unsaturated/α-hetero) is 1. The van der Waals surface area contributed by atoms with E-state index in [1.54, 1.807) is 36.4 Å². The summed E-state index contributed by atoms with van der Waals surface area (Å²) in [6.07, 6.45) is 0. The van der Waals surface area contributed by atoms with E-state index in [1.807, 2.05) is 17.5 Å². The van der Waals surface area contributed by atoms with Crippen molar-refractivity contribution in [2.75, 3.05) is 18.1 Å². The largest absolute Gasteiger partial charge is 0.507 e. The third-order valence-corrected chi connectivity index (χ3v) is 7.80. The van der Waals surface area contributed by atoms with Crippen molar-refractivity contribution in [1.82, 2.24) is 4.98 Å². The van der Waals surface area contributed by atoms with Crippen molar-refractivity contribution < 1.29 is 24.2 Å². The fourth-order valence-corrected chi connectivity index (χ4v) is 6.17. The van der Waals surface area contributed by atoms with Crippen LogP contribution in [0.1, 0.15) is 16.5 Å². The van der Waals surface area contributed by atoms with Crippen molar-refractivity contribution >= 4 is 67.1 Å². The number of hydrogen-bond donors (Lipinski definition) is 1. The Morgan fingerprint density at radius 3 is 2.71 bits per heavy atom. The Hall–Kier alpha value is -3.40. The normalized spacial score (nSPS) is 19.2. The fraction of sp³-hybridized carbons (Fsp3) is 0.125. The molecule has 10 heteroatoms. The Balaban J connectivity index is 1.52. The molecule has 1 saturated heterocycles. The second-order valence-corrected chi connectivity index (χ2v) is 10.1. The SMILES string of the molecule is O=C1C(=O)N(c2nc3ccc(Cl)cc3s2)[C@H](c2cccs2)/C1=C(\O)c1ccc2c(c1)OCCO2. The first-order chi connectivity index (χ1) is 16.5. The minimum atomic E-state index is -0.816. The number of ether oxygens (including phenoxy) is 2. The molecule has 1 amide bonds. The molecule has 1 atom stereocenters. The molecule has 2 aromatic carbocycles. The summed E-state index contributed by atoms with van der Waals surface area (Å²) in [5, 5.41) is 14.0. The van der Waals surface area contributed by atoms with Crippen LogP contribution in [0.4, 0.5) is 5.13 Å². The third-order valence-electron chi connectivity index (χ3n) is 5.62. The monoisotopic (exact) mass is 510 g/mol. The van der Waals surface area contributed by atoms with Crippen LogP contribution in [0.2, 0.25) is 5.02 Å². The van der Waals surface area contributed by atoms with Gasteiger partial charge >= 0.3 is 5.91 Å². The standard InChI is InChI=1S/C24H15ClN2O5S2/c25-13-4-5-14-18(11-13)34-24(26-14)27-20(17-2-1-9-33-17)19(22(29)23(27)30)21(28)12-3-6-15-16(10-12)32-8-7-31-15/h1-6,9-11,20,28H,7-8H2/b21-19+/t20-/m1/s1. The third kappa shape index (κ3) is 3.35. The van der Waals surface area contributed by atoms with E-state index >= 15 is 0 Å². The number of aliphatic hydroxyl groups is 1. The molecule has 170 valence electrons. The maximum atomic E-state index is 13.3. The molecule has 7 nitrogen and oxygen atoms in total. The van der Waals surface area contributed by atoms with Gasteiger partial charge in [-0.1, -0.05) is 29.0 Å². The number of benzene rings is 2. The zero-order chi connectivity index (χ0) is 23.4. The first kappa shape index (κ1) is 21.2. The number of halogens is 1. The van der Waals surface area contributed by atoms with E-state index < -0.39 is 17.7 Å². The fourth-order valence-electron chi connectivity index (χ4n) is 4.08.